The number of carbonyl (C=O) groups is 1. The molecular formula is C26H28N2O4S. The van der Waals surface area contributed by atoms with Gasteiger partial charge >= 0.3 is 0 Å². The van der Waals surface area contributed by atoms with Crippen LogP contribution in [0.25, 0.3) is 0 Å². The van der Waals surface area contributed by atoms with Crippen molar-refractivity contribution < 1.29 is 17.9 Å². The second-order valence-corrected chi connectivity index (χ2v) is 10.9. The summed E-state index contributed by atoms with van der Waals surface area (Å²) in [6.45, 7) is 6.55. The van der Waals surface area contributed by atoms with E-state index < -0.39 is 10.0 Å². The predicted octanol–water partition coefficient (Wildman–Crippen LogP) is 4.75. The smallest absolute Gasteiger partial charge is 0.264 e. The Morgan fingerprint density at radius 3 is 2.36 bits per heavy atom. The third kappa shape index (κ3) is 4.88. The molecule has 0 saturated heterocycles. The second kappa shape index (κ2) is 8.90. The largest absolute Gasteiger partial charge is 0.483 e. The van der Waals surface area contributed by atoms with Gasteiger partial charge in [0, 0.05) is 12.2 Å². The van der Waals surface area contributed by atoms with Crippen LogP contribution >= 0.6 is 0 Å². The van der Waals surface area contributed by atoms with Crippen molar-refractivity contribution in [2.45, 2.75) is 37.5 Å². The fourth-order valence-electron chi connectivity index (χ4n) is 3.95. The van der Waals surface area contributed by atoms with E-state index in [0.29, 0.717) is 24.4 Å². The summed E-state index contributed by atoms with van der Waals surface area (Å²) < 4.78 is 33.4. The molecule has 3 aromatic rings. The second-order valence-electron chi connectivity index (χ2n) is 9.06. The third-order valence-electron chi connectivity index (χ3n) is 5.62. The number of hydrogen-bond acceptors (Lipinski definition) is 4. The summed E-state index contributed by atoms with van der Waals surface area (Å²) >= 11 is 0. The lowest BCUT2D eigenvalue weighted by Crippen LogP contribution is -2.29. The van der Waals surface area contributed by atoms with E-state index in [0.717, 1.165) is 16.8 Å². The molecule has 1 aliphatic heterocycles. The van der Waals surface area contributed by atoms with E-state index >= 15 is 0 Å². The van der Waals surface area contributed by atoms with Crippen molar-refractivity contribution in [3.05, 3.63) is 83.9 Å². The first-order valence-corrected chi connectivity index (χ1v) is 12.3. The van der Waals surface area contributed by atoms with Gasteiger partial charge in [-0.1, -0.05) is 57.2 Å². The van der Waals surface area contributed by atoms with Crippen LogP contribution in [0.4, 0.5) is 11.4 Å². The van der Waals surface area contributed by atoms with Gasteiger partial charge in [0.1, 0.15) is 5.75 Å². The monoisotopic (exact) mass is 464 g/mol. The number of hydrogen-bond donors (Lipinski definition) is 1. The van der Waals surface area contributed by atoms with E-state index in [1.165, 1.54) is 16.4 Å². The number of nitrogens with zero attached hydrogens (tertiary/aromatic N) is 1. The molecule has 0 saturated carbocycles. The van der Waals surface area contributed by atoms with E-state index in [-0.39, 0.29) is 22.8 Å². The van der Waals surface area contributed by atoms with E-state index in [4.69, 9.17) is 4.74 Å². The summed E-state index contributed by atoms with van der Waals surface area (Å²) in [5, 5.41) is 2.76. The first kappa shape index (κ1) is 22.9. The van der Waals surface area contributed by atoms with Crippen molar-refractivity contribution in [2.24, 2.45) is 0 Å². The average molecular weight is 465 g/mol. The predicted molar refractivity (Wildman–Crippen MR) is 130 cm³/mol. The van der Waals surface area contributed by atoms with Crippen LogP contribution in [0.3, 0.4) is 0 Å². The Kier molecular flexibility index (Phi) is 6.17. The van der Waals surface area contributed by atoms with Crippen LogP contribution in [-0.2, 0) is 26.7 Å². The Hall–Kier alpha value is -3.32. The average Bonchev–Trinajstić information content (AvgIpc) is 3.23. The van der Waals surface area contributed by atoms with Crippen molar-refractivity contribution >= 4 is 27.3 Å². The molecule has 7 heteroatoms. The molecule has 0 atom stereocenters. The van der Waals surface area contributed by atoms with Crippen LogP contribution in [0, 0.1) is 0 Å². The molecule has 1 amide bonds. The van der Waals surface area contributed by atoms with Crippen molar-refractivity contribution in [1.29, 1.82) is 0 Å². The number of amides is 1. The molecule has 33 heavy (non-hydrogen) atoms. The zero-order chi connectivity index (χ0) is 23.6. The van der Waals surface area contributed by atoms with Gasteiger partial charge in [-0.3, -0.25) is 9.10 Å². The highest BCUT2D eigenvalue weighted by molar-refractivity contribution is 7.92. The summed E-state index contributed by atoms with van der Waals surface area (Å²) in [6, 6.07) is 21.4. The molecule has 0 bridgehead atoms. The van der Waals surface area contributed by atoms with Crippen molar-refractivity contribution in [3.8, 4) is 5.75 Å². The number of carbonyl (C=O) groups excluding carboxylic acids is 1. The lowest BCUT2D eigenvalue weighted by molar-refractivity contribution is -0.118. The Labute approximate surface area is 195 Å². The molecule has 4 rings (SSSR count). The number of fused-ring (bicyclic) bond motifs is 1. The highest BCUT2D eigenvalue weighted by Crippen LogP contribution is 2.33. The Morgan fingerprint density at radius 1 is 0.970 bits per heavy atom. The maximum Gasteiger partial charge on any atom is 0.264 e. The van der Waals surface area contributed by atoms with Gasteiger partial charge in [0.2, 0.25) is 0 Å². The molecule has 0 spiro atoms. The lowest BCUT2D eigenvalue weighted by Gasteiger charge is -2.22. The number of para-hydroxylation sites is 2. The highest BCUT2D eigenvalue weighted by Gasteiger charge is 2.30. The zero-order valence-corrected chi connectivity index (χ0v) is 19.9. The molecule has 1 N–H and O–H groups in total. The number of benzene rings is 3. The van der Waals surface area contributed by atoms with Gasteiger partial charge in [0.05, 0.1) is 10.6 Å². The van der Waals surface area contributed by atoms with Crippen LogP contribution in [-0.4, -0.2) is 27.5 Å². The van der Waals surface area contributed by atoms with Crippen LogP contribution in [0.5, 0.6) is 5.75 Å². The maximum atomic E-state index is 13.1. The fourth-order valence-corrected chi connectivity index (χ4v) is 5.45. The number of rotatable bonds is 6. The lowest BCUT2D eigenvalue weighted by atomic mass is 9.86. The molecule has 1 heterocycles. The zero-order valence-electron chi connectivity index (χ0n) is 19.0. The van der Waals surface area contributed by atoms with Gasteiger partial charge in [0.25, 0.3) is 15.9 Å². The Morgan fingerprint density at radius 2 is 1.64 bits per heavy atom. The number of anilines is 2. The summed E-state index contributed by atoms with van der Waals surface area (Å²) in [7, 11) is -3.67. The van der Waals surface area contributed by atoms with E-state index in [1.807, 2.05) is 48.5 Å². The Bertz CT molecular complexity index is 1260. The summed E-state index contributed by atoms with van der Waals surface area (Å²) in [5.41, 5.74) is 3.18. The quantitative estimate of drug-likeness (QED) is 0.571. The van der Waals surface area contributed by atoms with Gasteiger partial charge < -0.3 is 10.1 Å². The number of sulfonamides is 1. The molecular weight excluding hydrogens is 436 g/mol. The van der Waals surface area contributed by atoms with Gasteiger partial charge in [-0.2, -0.15) is 0 Å². The van der Waals surface area contributed by atoms with Crippen LogP contribution in [0.2, 0.25) is 0 Å². The molecule has 0 fully saturated rings. The number of ether oxygens (including phenoxy) is 1. The minimum absolute atomic E-state index is 0.107. The first-order chi connectivity index (χ1) is 15.7. The van der Waals surface area contributed by atoms with Crippen LogP contribution in [0.15, 0.2) is 77.7 Å². The van der Waals surface area contributed by atoms with E-state index in [2.05, 4.69) is 26.1 Å². The third-order valence-corrected chi connectivity index (χ3v) is 7.45. The van der Waals surface area contributed by atoms with Gasteiger partial charge in [-0.25, -0.2) is 8.42 Å². The van der Waals surface area contributed by atoms with Gasteiger partial charge in [-0.15, -0.1) is 0 Å². The fraction of sp³-hybridized carbons (Fsp3) is 0.269. The van der Waals surface area contributed by atoms with E-state index in [1.54, 1.807) is 12.1 Å². The molecule has 1 aliphatic rings. The summed E-state index contributed by atoms with van der Waals surface area (Å²) in [5.74, 6) is 0.357. The minimum atomic E-state index is -3.67. The SMILES string of the molecule is CC(C)(C)c1ccccc1OCC(=O)Nc1ccc(S(=O)(=O)N2CCc3ccccc32)cc1. The van der Waals surface area contributed by atoms with Crippen LogP contribution in [0.1, 0.15) is 31.9 Å². The highest BCUT2D eigenvalue weighted by atomic mass is 32.2. The summed E-state index contributed by atoms with van der Waals surface area (Å²) in [6.07, 6.45) is 0.696. The van der Waals surface area contributed by atoms with Gasteiger partial charge in [-0.05, 0) is 59.4 Å². The van der Waals surface area contributed by atoms with Crippen molar-refractivity contribution in [3.63, 3.8) is 0 Å². The topological polar surface area (TPSA) is 75.7 Å². The molecule has 3 aromatic carbocycles. The Balaban J connectivity index is 1.41. The molecule has 0 unspecified atom stereocenters. The number of nitrogens with one attached hydrogen (secondary N) is 1. The van der Waals surface area contributed by atoms with E-state index in [9.17, 15) is 13.2 Å². The van der Waals surface area contributed by atoms with Crippen molar-refractivity contribution in [2.75, 3.05) is 22.8 Å². The maximum absolute atomic E-state index is 13.1. The van der Waals surface area contributed by atoms with Gasteiger partial charge in [0.15, 0.2) is 6.61 Å². The molecule has 0 aliphatic carbocycles. The van der Waals surface area contributed by atoms with Crippen LogP contribution < -0.4 is 14.4 Å². The first-order valence-electron chi connectivity index (χ1n) is 10.9. The minimum Gasteiger partial charge on any atom is -0.483 e. The van der Waals surface area contributed by atoms with Crippen molar-refractivity contribution in [1.82, 2.24) is 0 Å². The standard InChI is InChI=1S/C26H28N2O4S/c1-26(2,3)22-9-5-7-11-24(22)32-18-25(29)27-20-12-14-21(15-13-20)33(30,31)28-17-16-19-8-4-6-10-23(19)28/h4-15H,16-18H2,1-3H3,(H,27,29). The molecule has 0 radical (unpaired) electrons. The molecule has 172 valence electrons. The normalized spacial score (nSPS) is 13.5. The molecule has 6 nitrogen and oxygen atoms in total. The summed E-state index contributed by atoms with van der Waals surface area (Å²) in [4.78, 5) is 12.6. The molecule has 0 aromatic heterocycles.